The van der Waals surface area contributed by atoms with Gasteiger partial charge in [0.05, 0.1) is 17.7 Å². The van der Waals surface area contributed by atoms with Crippen LogP contribution >= 0.6 is 27.5 Å². The number of hydrogen-bond acceptors (Lipinski definition) is 3. The summed E-state index contributed by atoms with van der Waals surface area (Å²) in [5.41, 5.74) is 0.162. The van der Waals surface area contributed by atoms with E-state index >= 15 is 0 Å². The van der Waals surface area contributed by atoms with Crippen molar-refractivity contribution in [3.05, 3.63) is 33.3 Å². The molecule has 0 fully saturated rings. The Morgan fingerprint density at radius 3 is 2.63 bits per heavy atom. The van der Waals surface area contributed by atoms with Crippen LogP contribution in [0.1, 0.15) is 32.4 Å². The minimum absolute atomic E-state index is 0.229. The minimum Gasteiger partial charge on any atom is -0.444 e. The molecule has 1 aromatic rings. The first-order chi connectivity index (χ1) is 8.73. The molecule has 1 aromatic carbocycles. The highest BCUT2D eigenvalue weighted by Crippen LogP contribution is 2.26. The molecular formula is C13H17BrClNO3. The first-order valence-electron chi connectivity index (χ1n) is 5.78. The third kappa shape index (κ3) is 5.38. The normalized spacial score (nSPS) is 12.9. The lowest BCUT2D eigenvalue weighted by Crippen LogP contribution is -2.36. The summed E-state index contributed by atoms with van der Waals surface area (Å²) >= 11 is 9.20. The van der Waals surface area contributed by atoms with Crippen LogP contribution in [0.15, 0.2) is 22.7 Å². The molecule has 1 atom stereocenters. The van der Waals surface area contributed by atoms with E-state index < -0.39 is 17.7 Å². The van der Waals surface area contributed by atoms with Gasteiger partial charge in [-0.05, 0) is 54.4 Å². The number of carbonyl (C=O) groups excluding carboxylic acids is 1. The molecule has 0 unspecified atom stereocenters. The van der Waals surface area contributed by atoms with Crippen LogP contribution < -0.4 is 5.32 Å². The van der Waals surface area contributed by atoms with E-state index in [0.717, 1.165) is 5.56 Å². The lowest BCUT2D eigenvalue weighted by Gasteiger charge is -2.23. The van der Waals surface area contributed by atoms with Crippen molar-refractivity contribution < 1.29 is 14.6 Å². The van der Waals surface area contributed by atoms with Crippen LogP contribution in [0.3, 0.4) is 0 Å². The van der Waals surface area contributed by atoms with Crippen LogP contribution in [0.5, 0.6) is 0 Å². The Morgan fingerprint density at radius 2 is 2.16 bits per heavy atom. The Kier molecular flexibility index (Phi) is 5.64. The number of aliphatic hydroxyl groups is 1. The van der Waals surface area contributed by atoms with E-state index in [9.17, 15) is 9.90 Å². The van der Waals surface area contributed by atoms with Gasteiger partial charge < -0.3 is 15.2 Å². The summed E-state index contributed by atoms with van der Waals surface area (Å²) in [7, 11) is 0. The summed E-state index contributed by atoms with van der Waals surface area (Å²) < 4.78 is 5.85. The van der Waals surface area contributed by atoms with E-state index in [1.54, 1.807) is 39.0 Å². The van der Waals surface area contributed by atoms with E-state index in [1.165, 1.54) is 0 Å². The number of amides is 1. The van der Waals surface area contributed by atoms with Gasteiger partial charge in [-0.15, -0.1) is 0 Å². The second kappa shape index (κ2) is 6.59. The number of carbonyl (C=O) groups is 1. The third-order valence-corrected chi connectivity index (χ3v) is 3.43. The van der Waals surface area contributed by atoms with E-state index in [1.807, 2.05) is 0 Å². The maximum atomic E-state index is 11.7. The molecule has 0 radical (unpaired) electrons. The Bertz CT molecular complexity index is 460. The van der Waals surface area contributed by atoms with Gasteiger partial charge in [0.2, 0.25) is 0 Å². The summed E-state index contributed by atoms with van der Waals surface area (Å²) in [5.74, 6) is 0. The monoisotopic (exact) mass is 349 g/mol. The number of aliphatic hydroxyl groups excluding tert-OH is 1. The Morgan fingerprint density at radius 1 is 1.53 bits per heavy atom. The van der Waals surface area contributed by atoms with Crippen LogP contribution in [0, 0.1) is 0 Å². The van der Waals surface area contributed by atoms with Crippen molar-refractivity contribution in [1.29, 1.82) is 0 Å². The van der Waals surface area contributed by atoms with E-state index in [2.05, 4.69) is 21.2 Å². The van der Waals surface area contributed by atoms with Crippen molar-refractivity contribution in [1.82, 2.24) is 5.32 Å². The summed E-state index contributed by atoms with van der Waals surface area (Å²) in [6.07, 6.45) is -0.572. The number of benzene rings is 1. The van der Waals surface area contributed by atoms with Crippen molar-refractivity contribution >= 4 is 33.6 Å². The van der Waals surface area contributed by atoms with E-state index in [4.69, 9.17) is 16.3 Å². The number of alkyl carbamates (subject to hydrolysis) is 1. The van der Waals surface area contributed by atoms with Crippen molar-refractivity contribution in [2.75, 3.05) is 6.61 Å². The molecule has 2 N–H and O–H groups in total. The quantitative estimate of drug-likeness (QED) is 0.874. The Labute approximate surface area is 126 Å². The molecule has 106 valence electrons. The number of nitrogens with one attached hydrogen (secondary N) is 1. The summed E-state index contributed by atoms with van der Waals surface area (Å²) in [4.78, 5) is 11.7. The van der Waals surface area contributed by atoms with Crippen molar-refractivity contribution in [2.45, 2.75) is 32.4 Å². The second-order valence-electron chi connectivity index (χ2n) is 5.05. The molecule has 4 nitrogen and oxygen atoms in total. The number of rotatable bonds is 3. The van der Waals surface area contributed by atoms with Crippen LogP contribution in [0.2, 0.25) is 5.02 Å². The zero-order chi connectivity index (χ0) is 14.6. The van der Waals surface area contributed by atoms with Crippen molar-refractivity contribution in [3.8, 4) is 0 Å². The maximum Gasteiger partial charge on any atom is 0.408 e. The SMILES string of the molecule is CC(C)(C)OC(=O)N[C@H](CO)c1ccc(Cl)c(Br)c1. The number of hydrogen-bond donors (Lipinski definition) is 2. The fraction of sp³-hybridized carbons (Fsp3) is 0.462. The first kappa shape index (κ1) is 16.3. The van der Waals surface area contributed by atoms with E-state index in [0.29, 0.717) is 9.50 Å². The number of halogens is 2. The fourth-order valence-corrected chi connectivity index (χ4v) is 1.93. The van der Waals surface area contributed by atoms with Gasteiger partial charge in [-0.3, -0.25) is 0 Å². The topological polar surface area (TPSA) is 58.6 Å². The lowest BCUT2D eigenvalue weighted by atomic mass is 10.1. The van der Waals surface area contributed by atoms with Gasteiger partial charge in [0.25, 0.3) is 0 Å². The highest BCUT2D eigenvalue weighted by molar-refractivity contribution is 9.10. The first-order valence-corrected chi connectivity index (χ1v) is 6.95. The average Bonchev–Trinajstić information content (AvgIpc) is 2.27. The van der Waals surface area contributed by atoms with Crippen LogP contribution in [-0.4, -0.2) is 23.4 Å². The Hall–Kier alpha value is -0.780. The van der Waals surface area contributed by atoms with E-state index in [-0.39, 0.29) is 6.61 Å². The predicted octanol–water partition coefficient (Wildman–Crippen LogP) is 3.66. The standard InChI is InChI=1S/C13H17BrClNO3/c1-13(2,3)19-12(18)16-11(7-17)8-4-5-10(15)9(14)6-8/h4-6,11,17H,7H2,1-3H3,(H,16,18)/t11-/m1/s1. The van der Waals surface area contributed by atoms with Crippen molar-refractivity contribution in [3.63, 3.8) is 0 Å². The van der Waals surface area contributed by atoms with Gasteiger partial charge in [0.15, 0.2) is 0 Å². The summed E-state index contributed by atoms with van der Waals surface area (Å²) in [6, 6.07) is 4.65. The molecule has 0 heterocycles. The van der Waals surface area contributed by atoms with Crippen LogP contribution in [-0.2, 0) is 4.74 Å². The van der Waals surface area contributed by atoms with Gasteiger partial charge >= 0.3 is 6.09 Å². The lowest BCUT2D eigenvalue weighted by molar-refractivity contribution is 0.0482. The smallest absolute Gasteiger partial charge is 0.408 e. The summed E-state index contributed by atoms with van der Waals surface area (Å²) in [6.45, 7) is 5.10. The van der Waals surface area contributed by atoms with Gasteiger partial charge in [-0.2, -0.15) is 0 Å². The number of ether oxygens (including phenoxy) is 1. The molecule has 0 spiro atoms. The largest absolute Gasteiger partial charge is 0.444 e. The maximum absolute atomic E-state index is 11.7. The molecule has 0 aromatic heterocycles. The molecular weight excluding hydrogens is 334 g/mol. The van der Waals surface area contributed by atoms with Gasteiger partial charge in [0.1, 0.15) is 5.60 Å². The zero-order valence-corrected chi connectivity index (χ0v) is 13.4. The van der Waals surface area contributed by atoms with Gasteiger partial charge in [-0.25, -0.2) is 4.79 Å². The van der Waals surface area contributed by atoms with Gasteiger partial charge in [-0.1, -0.05) is 17.7 Å². The molecule has 1 amide bonds. The molecule has 1 rings (SSSR count). The third-order valence-electron chi connectivity index (χ3n) is 2.22. The predicted molar refractivity (Wildman–Crippen MR) is 78.3 cm³/mol. The highest BCUT2D eigenvalue weighted by Gasteiger charge is 2.20. The Balaban J connectivity index is 2.78. The molecule has 0 aliphatic rings. The van der Waals surface area contributed by atoms with Gasteiger partial charge in [0, 0.05) is 4.47 Å². The molecule has 6 heteroatoms. The van der Waals surface area contributed by atoms with Crippen LogP contribution in [0.25, 0.3) is 0 Å². The fourth-order valence-electron chi connectivity index (χ4n) is 1.41. The second-order valence-corrected chi connectivity index (χ2v) is 6.32. The zero-order valence-electron chi connectivity index (χ0n) is 11.0. The average molecular weight is 351 g/mol. The molecule has 0 saturated heterocycles. The molecule has 19 heavy (non-hydrogen) atoms. The summed E-state index contributed by atoms with van der Waals surface area (Å²) in [5, 5.41) is 12.5. The molecule has 0 bridgehead atoms. The highest BCUT2D eigenvalue weighted by atomic mass is 79.9. The molecule has 0 aliphatic carbocycles. The molecule has 0 saturated carbocycles. The minimum atomic E-state index is -0.579. The van der Waals surface area contributed by atoms with Crippen molar-refractivity contribution in [2.24, 2.45) is 0 Å². The molecule has 0 aliphatic heterocycles. The van der Waals surface area contributed by atoms with Crippen LogP contribution in [0.4, 0.5) is 4.79 Å².